The number of aliphatic carboxylic acids is 1. The number of halogens is 1. The number of nitrogens with zero attached hydrogens (tertiary/aromatic N) is 1. The molecule has 0 aliphatic heterocycles. The molecule has 0 radical (unpaired) electrons. The van der Waals surface area contributed by atoms with Crippen LogP contribution in [0.15, 0.2) is 24.3 Å². The third-order valence-electron chi connectivity index (χ3n) is 2.37. The van der Waals surface area contributed by atoms with Crippen LogP contribution in [0.5, 0.6) is 0 Å². The molecule has 0 aliphatic carbocycles. The topological polar surface area (TPSA) is 57.6 Å². The quantitative estimate of drug-likeness (QED) is 0.855. The van der Waals surface area contributed by atoms with Crippen LogP contribution in [0.2, 0.25) is 0 Å². The van der Waals surface area contributed by atoms with E-state index in [0.717, 1.165) is 0 Å². The van der Waals surface area contributed by atoms with Crippen LogP contribution in [0.3, 0.4) is 0 Å². The van der Waals surface area contributed by atoms with E-state index in [1.54, 1.807) is 12.1 Å². The summed E-state index contributed by atoms with van der Waals surface area (Å²) in [7, 11) is 1.47. The predicted octanol–water partition coefficient (Wildman–Crippen LogP) is 2.04. The van der Waals surface area contributed by atoms with Gasteiger partial charge in [-0.05, 0) is 18.6 Å². The first-order valence-corrected chi connectivity index (χ1v) is 5.25. The van der Waals surface area contributed by atoms with E-state index >= 15 is 0 Å². The van der Waals surface area contributed by atoms with Crippen molar-refractivity contribution in [2.75, 3.05) is 11.9 Å². The monoisotopic (exact) mass is 239 g/mol. The fourth-order valence-corrected chi connectivity index (χ4v) is 1.42. The number of amides is 1. The summed E-state index contributed by atoms with van der Waals surface area (Å²) in [6.07, 6.45) is 0.293. The van der Waals surface area contributed by atoms with Gasteiger partial charge in [0.1, 0.15) is 5.82 Å². The van der Waals surface area contributed by atoms with Crippen LogP contribution in [0, 0.1) is 5.82 Å². The number of rotatable bonds is 5. The maximum atomic E-state index is 13.4. The Bertz CT molecular complexity index is 420. The van der Waals surface area contributed by atoms with Gasteiger partial charge in [0.05, 0.1) is 5.69 Å². The lowest BCUT2D eigenvalue weighted by Gasteiger charge is -2.17. The molecule has 0 bridgehead atoms. The van der Waals surface area contributed by atoms with E-state index in [2.05, 4.69) is 0 Å². The number of carboxylic acids is 1. The normalized spacial score (nSPS) is 10.0. The van der Waals surface area contributed by atoms with Crippen LogP contribution in [-0.2, 0) is 9.59 Å². The first-order chi connectivity index (χ1) is 8.02. The van der Waals surface area contributed by atoms with Crippen LogP contribution in [0.1, 0.15) is 19.3 Å². The van der Waals surface area contributed by atoms with Gasteiger partial charge in [0.15, 0.2) is 0 Å². The lowest BCUT2D eigenvalue weighted by Crippen LogP contribution is -2.26. The van der Waals surface area contributed by atoms with Crippen LogP contribution in [0.4, 0.5) is 10.1 Å². The molecular weight excluding hydrogens is 225 g/mol. The van der Waals surface area contributed by atoms with Gasteiger partial charge in [0.2, 0.25) is 5.91 Å². The van der Waals surface area contributed by atoms with Gasteiger partial charge in [0.25, 0.3) is 0 Å². The Morgan fingerprint density at radius 2 is 1.94 bits per heavy atom. The highest BCUT2D eigenvalue weighted by molar-refractivity contribution is 5.93. The zero-order chi connectivity index (χ0) is 12.8. The molecule has 5 heteroatoms. The largest absolute Gasteiger partial charge is 0.481 e. The number of carboxylic acid groups (broad SMARTS) is 1. The second kappa shape index (κ2) is 5.98. The standard InChI is InChI=1S/C12H14FNO3/c1-14(10-6-3-2-5-9(10)13)11(15)7-4-8-12(16)17/h2-3,5-6H,4,7-8H2,1H3,(H,16,17). The Morgan fingerprint density at radius 1 is 1.29 bits per heavy atom. The van der Waals surface area contributed by atoms with E-state index in [9.17, 15) is 14.0 Å². The van der Waals surface area contributed by atoms with E-state index in [0.29, 0.717) is 0 Å². The molecule has 1 N–H and O–H groups in total. The van der Waals surface area contributed by atoms with Crippen molar-refractivity contribution < 1.29 is 19.1 Å². The minimum atomic E-state index is -0.939. The third kappa shape index (κ3) is 3.86. The van der Waals surface area contributed by atoms with Crippen LogP contribution >= 0.6 is 0 Å². The average molecular weight is 239 g/mol. The summed E-state index contributed by atoms with van der Waals surface area (Å²) in [5.41, 5.74) is 0.202. The summed E-state index contributed by atoms with van der Waals surface area (Å²) in [4.78, 5) is 23.1. The molecule has 0 fully saturated rings. The summed E-state index contributed by atoms with van der Waals surface area (Å²) >= 11 is 0. The fourth-order valence-electron chi connectivity index (χ4n) is 1.42. The molecule has 0 heterocycles. The fraction of sp³-hybridized carbons (Fsp3) is 0.333. The molecule has 0 aromatic heterocycles. The second-order valence-electron chi connectivity index (χ2n) is 3.65. The maximum Gasteiger partial charge on any atom is 0.303 e. The molecule has 1 aromatic carbocycles. The summed E-state index contributed by atoms with van der Waals surface area (Å²) in [6.45, 7) is 0. The Balaban J connectivity index is 2.58. The van der Waals surface area contributed by atoms with Gasteiger partial charge in [-0.1, -0.05) is 12.1 Å². The van der Waals surface area contributed by atoms with Crippen molar-refractivity contribution in [3.63, 3.8) is 0 Å². The predicted molar refractivity (Wildman–Crippen MR) is 61.3 cm³/mol. The highest BCUT2D eigenvalue weighted by Crippen LogP contribution is 2.18. The molecule has 1 rings (SSSR count). The van der Waals surface area contributed by atoms with Crippen LogP contribution in [-0.4, -0.2) is 24.0 Å². The van der Waals surface area contributed by atoms with Gasteiger partial charge in [0, 0.05) is 19.9 Å². The second-order valence-corrected chi connectivity index (χ2v) is 3.65. The molecule has 17 heavy (non-hydrogen) atoms. The molecule has 4 nitrogen and oxygen atoms in total. The average Bonchev–Trinajstić information content (AvgIpc) is 2.28. The number of para-hydroxylation sites is 1. The Labute approximate surface area is 98.7 Å². The molecule has 0 saturated carbocycles. The van der Waals surface area contributed by atoms with Crippen LogP contribution in [0.25, 0.3) is 0 Å². The number of anilines is 1. The third-order valence-corrected chi connectivity index (χ3v) is 2.37. The van der Waals surface area contributed by atoms with Crippen molar-refractivity contribution in [2.24, 2.45) is 0 Å². The SMILES string of the molecule is CN(C(=O)CCCC(=O)O)c1ccccc1F. The Hall–Kier alpha value is -1.91. The Kier molecular flexibility index (Phi) is 4.63. The molecule has 0 aliphatic rings. The van der Waals surface area contributed by atoms with Crippen molar-refractivity contribution in [3.8, 4) is 0 Å². The zero-order valence-electron chi connectivity index (χ0n) is 9.52. The van der Waals surface area contributed by atoms with E-state index < -0.39 is 11.8 Å². The smallest absolute Gasteiger partial charge is 0.303 e. The highest BCUT2D eigenvalue weighted by Gasteiger charge is 2.14. The van der Waals surface area contributed by atoms with Crippen molar-refractivity contribution >= 4 is 17.6 Å². The summed E-state index contributed by atoms with van der Waals surface area (Å²) in [5.74, 6) is -1.70. The lowest BCUT2D eigenvalue weighted by molar-refractivity contribution is -0.137. The number of hydrogen-bond acceptors (Lipinski definition) is 2. The molecule has 0 spiro atoms. The van der Waals surface area contributed by atoms with Gasteiger partial charge in [-0.15, -0.1) is 0 Å². The first-order valence-electron chi connectivity index (χ1n) is 5.25. The summed E-state index contributed by atoms with van der Waals surface area (Å²) in [6, 6.07) is 5.96. The maximum absolute atomic E-state index is 13.4. The minimum absolute atomic E-state index is 0.0587. The van der Waals surface area contributed by atoms with Crippen molar-refractivity contribution in [3.05, 3.63) is 30.1 Å². The molecule has 92 valence electrons. The number of hydrogen-bond donors (Lipinski definition) is 1. The number of carbonyl (C=O) groups excluding carboxylic acids is 1. The molecule has 0 atom stereocenters. The van der Waals surface area contributed by atoms with E-state index in [1.807, 2.05) is 0 Å². The first kappa shape index (κ1) is 13.2. The molecular formula is C12H14FNO3. The van der Waals surface area contributed by atoms with Crippen molar-refractivity contribution in [1.82, 2.24) is 0 Å². The lowest BCUT2D eigenvalue weighted by atomic mass is 10.2. The highest BCUT2D eigenvalue weighted by atomic mass is 19.1. The minimum Gasteiger partial charge on any atom is -0.481 e. The molecule has 0 unspecified atom stereocenters. The van der Waals surface area contributed by atoms with Gasteiger partial charge >= 0.3 is 5.97 Å². The van der Waals surface area contributed by atoms with Gasteiger partial charge in [-0.2, -0.15) is 0 Å². The van der Waals surface area contributed by atoms with Gasteiger partial charge < -0.3 is 10.0 Å². The molecule has 0 saturated heterocycles. The Morgan fingerprint density at radius 3 is 2.53 bits per heavy atom. The van der Waals surface area contributed by atoms with E-state index in [1.165, 1.54) is 24.1 Å². The van der Waals surface area contributed by atoms with Crippen LogP contribution < -0.4 is 4.90 Å². The van der Waals surface area contributed by atoms with Crippen molar-refractivity contribution in [1.29, 1.82) is 0 Å². The van der Waals surface area contributed by atoms with Gasteiger partial charge in [-0.3, -0.25) is 9.59 Å². The summed E-state index contributed by atoms with van der Waals surface area (Å²) in [5, 5.41) is 8.44. The van der Waals surface area contributed by atoms with E-state index in [-0.39, 0.29) is 30.9 Å². The molecule has 1 aromatic rings. The number of benzene rings is 1. The summed E-state index contributed by atoms with van der Waals surface area (Å²) < 4.78 is 13.4. The van der Waals surface area contributed by atoms with Crippen molar-refractivity contribution in [2.45, 2.75) is 19.3 Å². The zero-order valence-corrected chi connectivity index (χ0v) is 9.52. The van der Waals surface area contributed by atoms with Gasteiger partial charge in [-0.25, -0.2) is 4.39 Å². The number of carbonyl (C=O) groups is 2. The molecule has 1 amide bonds. The van der Waals surface area contributed by atoms with E-state index in [4.69, 9.17) is 5.11 Å².